The van der Waals surface area contributed by atoms with Gasteiger partial charge in [-0.3, -0.25) is 14.7 Å². The molecule has 0 atom stereocenters. The molecule has 1 saturated heterocycles. The molecule has 1 N–H and O–H groups in total. The van der Waals surface area contributed by atoms with Gasteiger partial charge in [-0.25, -0.2) is 0 Å². The third-order valence-corrected chi connectivity index (χ3v) is 5.61. The van der Waals surface area contributed by atoms with Crippen LogP contribution in [0.4, 0.5) is 0 Å². The Bertz CT molecular complexity index is 857. The van der Waals surface area contributed by atoms with E-state index in [-0.39, 0.29) is 11.8 Å². The van der Waals surface area contributed by atoms with E-state index in [1.807, 2.05) is 28.0 Å². The van der Waals surface area contributed by atoms with Crippen LogP contribution in [0.15, 0.2) is 24.3 Å². The number of hydrogen-bond acceptors (Lipinski definition) is 3. The van der Waals surface area contributed by atoms with Gasteiger partial charge >= 0.3 is 0 Å². The molecule has 1 aromatic carbocycles. The maximum atomic E-state index is 12.9. The Labute approximate surface area is 163 Å². The summed E-state index contributed by atoms with van der Waals surface area (Å²) in [7, 11) is 0. The number of aromatic amines is 1. The molecule has 1 aromatic heterocycles. The van der Waals surface area contributed by atoms with Gasteiger partial charge in [-0.1, -0.05) is 23.7 Å². The molecule has 2 aliphatic heterocycles. The van der Waals surface area contributed by atoms with Crippen LogP contribution in [0.1, 0.15) is 46.6 Å². The average molecular weight is 387 g/mol. The number of carbonyl (C=O) groups is 2. The van der Waals surface area contributed by atoms with Crippen molar-refractivity contribution in [2.45, 2.75) is 38.6 Å². The van der Waals surface area contributed by atoms with E-state index < -0.39 is 0 Å². The van der Waals surface area contributed by atoms with Crippen LogP contribution in [0.2, 0.25) is 5.02 Å². The van der Waals surface area contributed by atoms with Crippen LogP contribution in [0.25, 0.3) is 0 Å². The second-order valence-electron chi connectivity index (χ2n) is 7.25. The summed E-state index contributed by atoms with van der Waals surface area (Å²) in [5.74, 6) is 0.0248. The number of halogens is 1. The minimum absolute atomic E-state index is 0.0173. The number of aromatic nitrogens is 2. The van der Waals surface area contributed by atoms with Crippen molar-refractivity contribution in [1.82, 2.24) is 20.0 Å². The highest BCUT2D eigenvalue weighted by Crippen LogP contribution is 2.23. The zero-order valence-electron chi connectivity index (χ0n) is 15.2. The van der Waals surface area contributed by atoms with Gasteiger partial charge in [0.15, 0.2) is 5.69 Å². The molecular formula is C20H23ClN4O2. The predicted octanol–water partition coefficient (Wildman–Crippen LogP) is 2.82. The van der Waals surface area contributed by atoms with Crippen molar-refractivity contribution in [1.29, 1.82) is 0 Å². The molecule has 1 fully saturated rings. The molecule has 4 rings (SSSR count). The molecule has 2 aliphatic rings. The number of benzene rings is 1. The minimum Gasteiger partial charge on any atom is -0.338 e. The van der Waals surface area contributed by atoms with Crippen LogP contribution in [-0.2, 0) is 24.2 Å². The van der Waals surface area contributed by atoms with E-state index in [1.54, 1.807) is 6.07 Å². The lowest BCUT2D eigenvalue weighted by Crippen LogP contribution is -2.39. The average Bonchev–Trinajstić information content (AvgIpc) is 3.11. The summed E-state index contributed by atoms with van der Waals surface area (Å²) in [4.78, 5) is 29.3. The highest BCUT2D eigenvalue weighted by atomic mass is 35.5. The number of rotatable bonds is 3. The molecule has 0 saturated carbocycles. The highest BCUT2D eigenvalue weighted by Gasteiger charge is 2.30. The summed E-state index contributed by atoms with van der Waals surface area (Å²) in [6.45, 7) is 2.64. The van der Waals surface area contributed by atoms with Crippen molar-refractivity contribution < 1.29 is 9.59 Å². The van der Waals surface area contributed by atoms with Gasteiger partial charge in [0.25, 0.3) is 5.91 Å². The Morgan fingerprint density at radius 2 is 1.93 bits per heavy atom. The van der Waals surface area contributed by atoms with Crippen molar-refractivity contribution in [3.05, 3.63) is 51.8 Å². The SMILES string of the molecule is O=C(Cc1cccc(Cl)c1)N1CCc2[nH]nc(C(=O)N3CCCCC3)c2C1. The number of H-pyrrole nitrogens is 1. The number of nitrogens with one attached hydrogen (secondary N) is 1. The van der Waals surface area contributed by atoms with Crippen molar-refractivity contribution in [2.24, 2.45) is 0 Å². The van der Waals surface area contributed by atoms with Crippen molar-refractivity contribution in [3.8, 4) is 0 Å². The molecule has 142 valence electrons. The van der Waals surface area contributed by atoms with Gasteiger partial charge in [0.2, 0.25) is 5.91 Å². The van der Waals surface area contributed by atoms with Crippen LogP contribution >= 0.6 is 11.6 Å². The molecule has 2 amide bonds. The first-order valence-electron chi connectivity index (χ1n) is 9.49. The summed E-state index contributed by atoms with van der Waals surface area (Å²) in [6.07, 6.45) is 4.26. The second kappa shape index (κ2) is 7.72. The predicted molar refractivity (Wildman–Crippen MR) is 103 cm³/mol. The van der Waals surface area contributed by atoms with Gasteiger partial charge < -0.3 is 9.80 Å². The van der Waals surface area contributed by atoms with Crippen LogP contribution in [0.3, 0.4) is 0 Å². The Morgan fingerprint density at radius 1 is 1.11 bits per heavy atom. The van der Waals surface area contributed by atoms with Gasteiger partial charge in [-0.2, -0.15) is 5.10 Å². The lowest BCUT2D eigenvalue weighted by molar-refractivity contribution is -0.131. The first kappa shape index (κ1) is 18.0. The van der Waals surface area contributed by atoms with E-state index >= 15 is 0 Å². The Hall–Kier alpha value is -2.34. The number of fused-ring (bicyclic) bond motifs is 1. The van der Waals surface area contributed by atoms with Gasteiger partial charge in [0.05, 0.1) is 6.42 Å². The Balaban J connectivity index is 1.48. The van der Waals surface area contributed by atoms with Crippen molar-refractivity contribution >= 4 is 23.4 Å². The zero-order chi connectivity index (χ0) is 18.8. The van der Waals surface area contributed by atoms with Gasteiger partial charge in [-0.15, -0.1) is 0 Å². The molecule has 3 heterocycles. The second-order valence-corrected chi connectivity index (χ2v) is 7.69. The minimum atomic E-state index is -0.0173. The van der Waals surface area contributed by atoms with E-state index in [9.17, 15) is 9.59 Å². The molecular weight excluding hydrogens is 364 g/mol. The maximum Gasteiger partial charge on any atom is 0.274 e. The first-order chi connectivity index (χ1) is 13.1. The topological polar surface area (TPSA) is 69.3 Å². The molecule has 27 heavy (non-hydrogen) atoms. The molecule has 0 spiro atoms. The summed E-state index contributed by atoms with van der Waals surface area (Å²) in [5, 5.41) is 7.93. The summed E-state index contributed by atoms with van der Waals surface area (Å²) in [6, 6.07) is 7.37. The van der Waals surface area contributed by atoms with Crippen molar-refractivity contribution in [2.75, 3.05) is 19.6 Å². The lowest BCUT2D eigenvalue weighted by atomic mass is 10.0. The number of piperidine rings is 1. The van der Waals surface area contributed by atoms with E-state index in [0.717, 1.165) is 42.8 Å². The van der Waals surface area contributed by atoms with Crippen LogP contribution < -0.4 is 0 Å². The van der Waals surface area contributed by atoms with Gasteiger partial charge in [-0.05, 0) is 37.0 Å². The quantitative estimate of drug-likeness (QED) is 0.881. The Kier molecular flexibility index (Phi) is 5.16. The van der Waals surface area contributed by atoms with E-state index in [2.05, 4.69) is 10.2 Å². The molecule has 0 aliphatic carbocycles. The largest absolute Gasteiger partial charge is 0.338 e. The van der Waals surface area contributed by atoms with E-state index in [0.29, 0.717) is 36.6 Å². The number of carbonyl (C=O) groups excluding carboxylic acids is 2. The van der Waals surface area contributed by atoms with Crippen molar-refractivity contribution in [3.63, 3.8) is 0 Å². The van der Waals surface area contributed by atoms with Gasteiger partial charge in [0.1, 0.15) is 0 Å². The lowest BCUT2D eigenvalue weighted by Gasteiger charge is -2.29. The van der Waals surface area contributed by atoms with E-state index in [4.69, 9.17) is 11.6 Å². The maximum absolute atomic E-state index is 12.9. The summed E-state index contributed by atoms with van der Waals surface area (Å²) >= 11 is 6.02. The number of likely N-dealkylation sites (tertiary alicyclic amines) is 1. The molecule has 2 aromatic rings. The van der Waals surface area contributed by atoms with E-state index in [1.165, 1.54) is 6.42 Å². The summed E-state index contributed by atoms with van der Waals surface area (Å²) in [5.41, 5.74) is 3.22. The van der Waals surface area contributed by atoms with Crippen LogP contribution in [-0.4, -0.2) is 51.4 Å². The smallest absolute Gasteiger partial charge is 0.274 e. The molecule has 0 bridgehead atoms. The number of hydrogen-bond donors (Lipinski definition) is 1. The van der Waals surface area contributed by atoms with Crippen LogP contribution in [0.5, 0.6) is 0 Å². The molecule has 0 radical (unpaired) electrons. The summed E-state index contributed by atoms with van der Waals surface area (Å²) < 4.78 is 0. The Morgan fingerprint density at radius 3 is 2.70 bits per heavy atom. The number of nitrogens with zero attached hydrogens (tertiary/aromatic N) is 3. The standard InChI is InChI=1S/C20H23ClN4O2/c21-15-6-4-5-14(11-15)12-18(26)25-10-7-17-16(13-25)19(23-22-17)20(27)24-8-2-1-3-9-24/h4-6,11H,1-3,7-10,12-13H2,(H,22,23). The fraction of sp³-hybridized carbons (Fsp3) is 0.450. The molecule has 0 unspecified atom stereocenters. The third kappa shape index (κ3) is 3.86. The fourth-order valence-electron chi connectivity index (χ4n) is 3.86. The zero-order valence-corrected chi connectivity index (χ0v) is 16.0. The molecule has 6 nitrogen and oxygen atoms in total. The third-order valence-electron chi connectivity index (χ3n) is 5.38. The normalized spacial score (nSPS) is 16.9. The highest BCUT2D eigenvalue weighted by molar-refractivity contribution is 6.30. The number of amides is 2. The monoisotopic (exact) mass is 386 g/mol. The van der Waals surface area contributed by atoms with Gasteiger partial charge in [0, 0.05) is 48.9 Å². The molecule has 7 heteroatoms. The first-order valence-corrected chi connectivity index (χ1v) is 9.87. The van der Waals surface area contributed by atoms with Crippen LogP contribution in [0, 0.1) is 0 Å². The fourth-order valence-corrected chi connectivity index (χ4v) is 4.08.